The van der Waals surface area contributed by atoms with Crippen LogP contribution in [-0.4, -0.2) is 37.4 Å². The van der Waals surface area contributed by atoms with Gasteiger partial charge in [-0.25, -0.2) is 0 Å². The van der Waals surface area contributed by atoms with Crippen molar-refractivity contribution < 1.29 is 9.47 Å². The maximum atomic E-state index is 9.07. The molecular formula is C9H11NO2S2. The second kappa shape index (κ2) is 5.08. The molecule has 2 aliphatic heterocycles. The minimum Gasteiger partial charge on any atom is -0.376 e. The quantitative estimate of drug-likeness (QED) is 0.639. The minimum absolute atomic E-state index is 0.137. The predicted molar refractivity (Wildman–Crippen MR) is 58.1 cm³/mol. The zero-order chi connectivity index (χ0) is 9.80. The van der Waals surface area contributed by atoms with Gasteiger partial charge in [0.1, 0.15) is 6.10 Å². The van der Waals surface area contributed by atoms with Crippen molar-refractivity contribution in [3.05, 3.63) is 9.81 Å². The lowest BCUT2D eigenvalue weighted by Crippen LogP contribution is -2.30. The lowest BCUT2D eigenvalue weighted by Gasteiger charge is -2.22. The second-order valence-corrected chi connectivity index (χ2v) is 5.41. The van der Waals surface area contributed by atoms with Gasteiger partial charge in [0.15, 0.2) is 0 Å². The number of ether oxygens (including phenoxy) is 2. The molecule has 0 aliphatic carbocycles. The molecule has 3 nitrogen and oxygen atoms in total. The Balaban J connectivity index is 2.11. The van der Waals surface area contributed by atoms with Crippen LogP contribution in [0.3, 0.4) is 0 Å². The van der Waals surface area contributed by atoms with Crippen molar-refractivity contribution in [2.75, 3.05) is 31.3 Å². The van der Waals surface area contributed by atoms with Gasteiger partial charge in [-0.15, -0.1) is 23.5 Å². The van der Waals surface area contributed by atoms with Crippen LogP contribution in [-0.2, 0) is 9.47 Å². The van der Waals surface area contributed by atoms with Gasteiger partial charge in [-0.05, 0) is 0 Å². The average Bonchev–Trinajstić information content (AvgIpc) is 2.74. The smallest absolute Gasteiger partial charge is 0.117 e. The van der Waals surface area contributed by atoms with Gasteiger partial charge in [0.25, 0.3) is 0 Å². The van der Waals surface area contributed by atoms with Gasteiger partial charge in [-0.2, -0.15) is 5.26 Å². The van der Waals surface area contributed by atoms with Crippen molar-refractivity contribution in [1.29, 1.82) is 5.26 Å². The number of rotatable bonds is 1. The zero-order valence-corrected chi connectivity index (χ0v) is 9.33. The van der Waals surface area contributed by atoms with Gasteiger partial charge in [0.05, 0.1) is 35.7 Å². The average molecular weight is 229 g/mol. The zero-order valence-electron chi connectivity index (χ0n) is 7.69. The van der Waals surface area contributed by atoms with Gasteiger partial charge in [0, 0.05) is 11.5 Å². The lowest BCUT2D eigenvalue weighted by molar-refractivity contribution is -0.0705. The summed E-state index contributed by atoms with van der Waals surface area (Å²) in [7, 11) is 0. The van der Waals surface area contributed by atoms with Crippen molar-refractivity contribution >= 4 is 23.5 Å². The molecular weight excluding hydrogens is 218 g/mol. The van der Waals surface area contributed by atoms with Crippen molar-refractivity contribution in [2.24, 2.45) is 0 Å². The highest BCUT2D eigenvalue weighted by Crippen LogP contribution is 2.39. The number of hydrogen-bond donors (Lipinski definition) is 0. The van der Waals surface area contributed by atoms with Crippen molar-refractivity contribution in [2.45, 2.75) is 6.10 Å². The molecule has 2 saturated heterocycles. The van der Waals surface area contributed by atoms with Gasteiger partial charge in [-0.1, -0.05) is 0 Å². The van der Waals surface area contributed by atoms with E-state index in [2.05, 4.69) is 6.07 Å². The summed E-state index contributed by atoms with van der Waals surface area (Å²) in [5.74, 6) is 2.19. The Morgan fingerprint density at radius 1 is 1.36 bits per heavy atom. The van der Waals surface area contributed by atoms with Crippen molar-refractivity contribution in [3.8, 4) is 6.07 Å². The molecule has 1 atom stereocenters. The van der Waals surface area contributed by atoms with E-state index in [1.807, 2.05) is 0 Å². The molecule has 2 heterocycles. The maximum absolute atomic E-state index is 9.07. The highest BCUT2D eigenvalue weighted by molar-refractivity contribution is 8.25. The molecule has 5 heteroatoms. The van der Waals surface area contributed by atoms with E-state index >= 15 is 0 Å². The Hall–Kier alpha value is -0.150. The second-order valence-electron chi connectivity index (χ2n) is 2.94. The molecule has 0 bridgehead atoms. The fourth-order valence-electron chi connectivity index (χ4n) is 1.37. The first-order valence-corrected chi connectivity index (χ1v) is 6.48. The monoisotopic (exact) mass is 229 g/mol. The van der Waals surface area contributed by atoms with Crippen LogP contribution in [0.2, 0.25) is 0 Å². The fraction of sp³-hybridized carbons (Fsp3) is 0.667. The van der Waals surface area contributed by atoms with E-state index in [9.17, 15) is 0 Å². The Morgan fingerprint density at radius 3 is 2.71 bits per heavy atom. The van der Waals surface area contributed by atoms with Gasteiger partial charge < -0.3 is 9.47 Å². The third-order valence-corrected chi connectivity index (χ3v) is 4.77. The largest absolute Gasteiger partial charge is 0.376 e. The van der Waals surface area contributed by atoms with Crippen LogP contribution in [0, 0.1) is 11.3 Å². The third-order valence-electron chi connectivity index (χ3n) is 2.03. The van der Waals surface area contributed by atoms with Crippen LogP contribution in [0.4, 0.5) is 0 Å². The molecule has 2 fully saturated rings. The van der Waals surface area contributed by atoms with Gasteiger partial charge in [-0.3, -0.25) is 0 Å². The van der Waals surface area contributed by atoms with E-state index in [-0.39, 0.29) is 6.10 Å². The molecule has 1 unspecified atom stereocenters. The molecule has 76 valence electrons. The van der Waals surface area contributed by atoms with Crippen LogP contribution in [0.15, 0.2) is 9.81 Å². The third kappa shape index (κ3) is 2.26. The number of nitrogens with zero attached hydrogens (tertiary/aromatic N) is 1. The molecule has 0 aromatic rings. The lowest BCUT2D eigenvalue weighted by atomic mass is 10.2. The van der Waals surface area contributed by atoms with Gasteiger partial charge >= 0.3 is 0 Å². The number of nitriles is 1. The summed E-state index contributed by atoms with van der Waals surface area (Å²) in [5, 5.41) is 9.07. The Bertz CT molecular complexity index is 271. The number of thioether (sulfide) groups is 2. The van der Waals surface area contributed by atoms with Gasteiger partial charge in [0.2, 0.25) is 0 Å². The Morgan fingerprint density at radius 2 is 2.14 bits per heavy atom. The Labute approximate surface area is 91.8 Å². The Kier molecular flexibility index (Phi) is 3.76. The molecule has 0 radical (unpaired) electrons. The molecule has 14 heavy (non-hydrogen) atoms. The standard InChI is InChI=1S/C9H11NO2S2/c10-5-7(9-13-3-4-14-9)8-6-11-1-2-12-8/h8H,1-4,6H2. The molecule has 2 rings (SSSR count). The highest BCUT2D eigenvalue weighted by Gasteiger charge is 2.24. The first-order valence-electron chi connectivity index (χ1n) is 4.51. The summed E-state index contributed by atoms with van der Waals surface area (Å²) in [5.41, 5.74) is 0.761. The van der Waals surface area contributed by atoms with Crippen LogP contribution in [0.1, 0.15) is 0 Å². The van der Waals surface area contributed by atoms with E-state index in [0.717, 1.165) is 21.3 Å². The SMILES string of the molecule is N#CC(=C1SCCS1)C1COCCO1. The van der Waals surface area contributed by atoms with E-state index in [0.29, 0.717) is 19.8 Å². The van der Waals surface area contributed by atoms with Crippen LogP contribution >= 0.6 is 23.5 Å². The molecule has 2 aliphatic rings. The summed E-state index contributed by atoms with van der Waals surface area (Å²) in [6.45, 7) is 1.76. The van der Waals surface area contributed by atoms with Crippen molar-refractivity contribution in [3.63, 3.8) is 0 Å². The van der Waals surface area contributed by atoms with E-state index in [1.54, 1.807) is 23.5 Å². The predicted octanol–water partition coefficient (Wildman–Crippen LogP) is 1.62. The van der Waals surface area contributed by atoms with Crippen molar-refractivity contribution in [1.82, 2.24) is 0 Å². The maximum Gasteiger partial charge on any atom is 0.117 e. The summed E-state index contributed by atoms with van der Waals surface area (Å²) in [6.07, 6.45) is -0.137. The first-order chi connectivity index (χ1) is 6.92. The van der Waals surface area contributed by atoms with E-state index in [1.165, 1.54) is 0 Å². The normalized spacial score (nSPS) is 27.4. The topological polar surface area (TPSA) is 42.2 Å². The minimum atomic E-state index is -0.137. The molecule has 0 aromatic carbocycles. The van der Waals surface area contributed by atoms with Crippen LogP contribution in [0.5, 0.6) is 0 Å². The number of hydrogen-bond acceptors (Lipinski definition) is 5. The molecule has 0 N–H and O–H groups in total. The van der Waals surface area contributed by atoms with Crippen LogP contribution in [0.25, 0.3) is 0 Å². The van der Waals surface area contributed by atoms with E-state index < -0.39 is 0 Å². The first kappa shape index (κ1) is 10.4. The molecule has 0 spiro atoms. The molecule has 0 aromatic heterocycles. The highest BCUT2D eigenvalue weighted by atomic mass is 32.2. The summed E-state index contributed by atoms with van der Waals surface area (Å²) in [4.78, 5) is 0. The van der Waals surface area contributed by atoms with E-state index in [4.69, 9.17) is 14.7 Å². The summed E-state index contributed by atoms with van der Waals surface area (Å²) < 4.78 is 11.9. The molecule has 0 saturated carbocycles. The fourth-order valence-corrected chi connectivity index (χ4v) is 3.91. The summed E-state index contributed by atoms with van der Waals surface area (Å²) >= 11 is 3.51. The summed E-state index contributed by atoms with van der Waals surface area (Å²) in [6, 6.07) is 2.25. The van der Waals surface area contributed by atoms with Crippen LogP contribution < -0.4 is 0 Å². The molecule has 0 amide bonds.